The van der Waals surface area contributed by atoms with Gasteiger partial charge in [-0.15, -0.1) is 0 Å². The molecule has 0 amide bonds. The first kappa shape index (κ1) is 30.4. The predicted octanol–water partition coefficient (Wildman–Crippen LogP) is 12.7. The summed E-state index contributed by atoms with van der Waals surface area (Å²) in [5.74, 6) is 1.13. The quantitative estimate of drug-likeness (QED) is 0.176. The minimum atomic E-state index is 0.197. The first-order valence-electron chi connectivity index (χ1n) is 18.2. The molecule has 1 atom stereocenters. The summed E-state index contributed by atoms with van der Waals surface area (Å²) in [6.45, 7) is 0. The fourth-order valence-corrected chi connectivity index (χ4v) is 8.23. The van der Waals surface area contributed by atoms with Crippen LogP contribution in [0.3, 0.4) is 0 Å². The maximum absolute atomic E-state index is 6.88. The standard InChI is InChI=1S/C49H36N2O/c1-3-12-33(13-4-1)37-18-11-19-40(29-37)51(48-46-32-50-27-26-39(46)30-45-43-20-9-10-21-47(43)52-49(45)48)41-24-25-42(44(31-41)35-15-5-2-6-16-35)38-23-22-34-14-7-8-17-36(34)28-38/h1-10,12-18,20-29,31-32,39H,11,19,30H2. The lowest BCUT2D eigenvalue weighted by atomic mass is 9.82. The van der Waals surface area contributed by atoms with Gasteiger partial charge in [-0.05, 0) is 93.8 Å². The third kappa shape index (κ3) is 5.25. The van der Waals surface area contributed by atoms with Crippen molar-refractivity contribution in [2.75, 3.05) is 4.90 Å². The Hall–Kier alpha value is -6.45. The number of aliphatic imine (C=N–C) groups is 1. The summed E-state index contributed by atoms with van der Waals surface area (Å²) in [5, 5.41) is 3.66. The van der Waals surface area contributed by atoms with Gasteiger partial charge >= 0.3 is 0 Å². The lowest BCUT2D eigenvalue weighted by Crippen LogP contribution is -2.29. The van der Waals surface area contributed by atoms with Crippen molar-refractivity contribution in [3.8, 4) is 22.3 Å². The highest BCUT2D eigenvalue weighted by atomic mass is 16.3. The minimum absolute atomic E-state index is 0.197. The van der Waals surface area contributed by atoms with Crippen molar-refractivity contribution in [1.82, 2.24) is 0 Å². The molecule has 52 heavy (non-hydrogen) atoms. The molecule has 6 aromatic carbocycles. The molecular formula is C49H36N2O. The van der Waals surface area contributed by atoms with E-state index in [2.05, 4.69) is 175 Å². The molecule has 1 unspecified atom stereocenters. The van der Waals surface area contributed by atoms with Crippen molar-refractivity contribution in [3.05, 3.63) is 198 Å². The van der Waals surface area contributed by atoms with Crippen LogP contribution in [0.4, 0.5) is 5.69 Å². The van der Waals surface area contributed by atoms with E-state index in [9.17, 15) is 0 Å². The van der Waals surface area contributed by atoms with Crippen molar-refractivity contribution in [3.63, 3.8) is 0 Å². The predicted molar refractivity (Wildman–Crippen MR) is 217 cm³/mol. The molecule has 0 fully saturated rings. The van der Waals surface area contributed by atoms with E-state index in [0.29, 0.717) is 0 Å². The summed E-state index contributed by atoms with van der Waals surface area (Å²) in [5.41, 5.74) is 14.0. The molecule has 0 saturated carbocycles. The zero-order valence-electron chi connectivity index (χ0n) is 28.7. The highest BCUT2D eigenvalue weighted by molar-refractivity contribution is 6.03. The Morgan fingerprint density at radius 3 is 2.29 bits per heavy atom. The normalized spacial score (nSPS) is 16.4. The van der Waals surface area contributed by atoms with Crippen molar-refractivity contribution >= 4 is 44.9 Å². The molecule has 0 bridgehead atoms. The first-order valence-corrected chi connectivity index (χ1v) is 18.2. The van der Waals surface area contributed by atoms with Crippen molar-refractivity contribution in [1.29, 1.82) is 0 Å². The van der Waals surface area contributed by atoms with E-state index in [1.165, 1.54) is 66.4 Å². The number of rotatable bonds is 6. The topological polar surface area (TPSA) is 28.7 Å². The van der Waals surface area contributed by atoms with Crippen LogP contribution in [0.25, 0.3) is 55.3 Å². The molecule has 3 aliphatic rings. The van der Waals surface area contributed by atoms with E-state index in [0.717, 1.165) is 42.0 Å². The van der Waals surface area contributed by atoms with Gasteiger partial charge in [-0.25, -0.2) is 0 Å². The molecule has 1 aliphatic heterocycles. The van der Waals surface area contributed by atoms with Gasteiger partial charge in [-0.3, -0.25) is 4.99 Å². The second-order valence-electron chi connectivity index (χ2n) is 13.8. The Balaban J connectivity index is 1.23. The van der Waals surface area contributed by atoms with Crippen LogP contribution in [0.2, 0.25) is 0 Å². The Labute approximate surface area is 303 Å². The third-order valence-electron chi connectivity index (χ3n) is 10.7. The molecule has 0 spiro atoms. The van der Waals surface area contributed by atoms with Gasteiger partial charge in [0.05, 0.1) is 5.70 Å². The second-order valence-corrected chi connectivity index (χ2v) is 13.8. The fraction of sp³-hybridized carbons (Fsp3) is 0.0816. The average molecular weight is 669 g/mol. The summed E-state index contributed by atoms with van der Waals surface area (Å²) >= 11 is 0. The Morgan fingerprint density at radius 1 is 0.654 bits per heavy atom. The highest BCUT2D eigenvalue weighted by Crippen LogP contribution is 2.48. The largest absolute Gasteiger partial charge is 0.454 e. The van der Waals surface area contributed by atoms with Gasteiger partial charge in [0.1, 0.15) is 5.58 Å². The van der Waals surface area contributed by atoms with Crippen LogP contribution >= 0.6 is 0 Å². The fourth-order valence-electron chi connectivity index (χ4n) is 8.23. The van der Waals surface area contributed by atoms with E-state index in [-0.39, 0.29) is 5.92 Å². The average Bonchev–Trinajstić information content (AvgIpc) is 3.59. The van der Waals surface area contributed by atoms with E-state index in [1.54, 1.807) is 0 Å². The lowest BCUT2D eigenvalue weighted by Gasteiger charge is -2.36. The van der Waals surface area contributed by atoms with Crippen LogP contribution < -0.4 is 4.90 Å². The summed E-state index contributed by atoms with van der Waals surface area (Å²) in [6, 6.07) is 52.4. The van der Waals surface area contributed by atoms with Crippen molar-refractivity contribution < 1.29 is 4.42 Å². The van der Waals surface area contributed by atoms with Crippen LogP contribution in [0.1, 0.15) is 29.7 Å². The molecule has 3 nitrogen and oxygen atoms in total. The monoisotopic (exact) mass is 668 g/mol. The molecule has 1 aromatic heterocycles. The number of anilines is 1. The number of benzene rings is 6. The highest BCUT2D eigenvalue weighted by Gasteiger charge is 2.36. The van der Waals surface area contributed by atoms with Crippen LogP contribution in [0, 0.1) is 5.92 Å². The van der Waals surface area contributed by atoms with Gasteiger partial charge in [0.15, 0.2) is 5.76 Å². The second kappa shape index (κ2) is 12.7. The van der Waals surface area contributed by atoms with Crippen molar-refractivity contribution in [2.45, 2.75) is 19.3 Å². The van der Waals surface area contributed by atoms with Crippen LogP contribution in [0.15, 0.2) is 191 Å². The number of furan rings is 1. The summed E-state index contributed by atoms with van der Waals surface area (Å²) in [7, 11) is 0. The molecular weight excluding hydrogens is 633 g/mol. The van der Waals surface area contributed by atoms with Crippen LogP contribution in [-0.4, -0.2) is 6.21 Å². The first-order chi connectivity index (χ1) is 25.8. The van der Waals surface area contributed by atoms with Crippen LogP contribution in [-0.2, 0) is 6.42 Å². The van der Waals surface area contributed by atoms with E-state index >= 15 is 0 Å². The molecule has 10 rings (SSSR count). The van der Waals surface area contributed by atoms with Gasteiger partial charge in [-0.2, -0.15) is 0 Å². The molecule has 3 heteroatoms. The van der Waals surface area contributed by atoms with Crippen molar-refractivity contribution in [2.24, 2.45) is 10.9 Å². The number of fused-ring (bicyclic) bond motifs is 5. The SMILES string of the molecule is C1=CC2Cc3c(oc4ccccc34)C(N(C3=CC(c4ccccc4)=CCC3)c3ccc(-c4ccc5ccccc5c4)c(-c4ccccc4)c3)=C2C=N1. The van der Waals surface area contributed by atoms with E-state index in [4.69, 9.17) is 9.41 Å². The Kier molecular flexibility index (Phi) is 7.42. The zero-order valence-corrected chi connectivity index (χ0v) is 28.7. The Morgan fingerprint density at radius 2 is 1.42 bits per heavy atom. The molecule has 2 heterocycles. The molecule has 0 saturated heterocycles. The maximum Gasteiger partial charge on any atom is 0.155 e. The number of hydrogen-bond acceptors (Lipinski definition) is 3. The molecule has 2 aliphatic carbocycles. The van der Waals surface area contributed by atoms with E-state index in [1.807, 2.05) is 6.20 Å². The molecule has 248 valence electrons. The smallest absolute Gasteiger partial charge is 0.155 e. The number of allylic oxidation sites excluding steroid dienone is 6. The van der Waals surface area contributed by atoms with Crippen LogP contribution in [0.5, 0.6) is 0 Å². The summed E-state index contributed by atoms with van der Waals surface area (Å²) < 4.78 is 6.88. The number of hydrogen-bond donors (Lipinski definition) is 0. The maximum atomic E-state index is 6.88. The third-order valence-corrected chi connectivity index (χ3v) is 10.7. The number of nitrogens with zero attached hydrogens (tertiary/aromatic N) is 2. The summed E-state index contributed by atoms with van der Waals surface area (Å²) in [4.78, 5) is 7.19. The molecule has 0 N–H and O–H groups in total. The minimum Gasteiger partial charge on any atom is -0.454 e. The Bertz CT molecular complexity index is 2650. The van der Waals surface area contributed by atoms with Gasteiger partial charge in [0.25, 0.3) is 0 Å². The lowest BCUT2D eigenvalue weighted by molar-refractivity contribution is 0.578. The van der Waals surface area contributed by atoms with Gasteiger partial charge < -0.3 is 9.32 Å². The summed E-state index contributed by atoms with van der Waals surface area (Å²) in [6.07, 6.45) is 13.7. The van der Waals surface area contributed by atoms with E-state index < -0.39 is 0 Å². The van der Waals surface area contributed by atoms with Gasteiger partial charge in [0.2, 0.25) is 0 Å². The zero-order chi connectivity index (χ0) is 34.4. The molecule has 0 radical (unpaired) electrons. The number of para-hydroxylation sites is 1. The van der Waals surface area contributed by atoms with Gasteiger partial charge in [0, 0.05) is 46.2 Å². The van der Waals surface area contributed by atoms with Gasteiger partial charge in [-0.1, -0.05) is 133 Å². The molecule has 7 aromatic rings.